The lowest BCUT2D eigenvalue weighted by Crippen LogP contribution is -2.34. The van der Waals surface area contributed by atoms with Gasteiger partial charge in [0, 0.05) is 6.54 Å². The van der Waals surface area contributed by atoms with E-state index in [1.807, 2.05) is 18.2 Å². The van der Waals surface area contributed by atoms with Gasteiger partial charge >= 0.3 is 0 Å². The molecule has 2 amide bonds. The molecular weight excluding hydrogens is 338 g/mol. The van der Waals surface area contributed by atoms with E-state index < -0.39 is 0 Å². The number of imide groups is 1. The molecule has 1 saturated carbocycles. The number of fused-ring (bicyclic) bond motifs is 1. The fourth-order valence-electron chi connectivity index (χ4n) is 3.59. The van der Waals surface area contributed by atoms with Crippen molar-refractivity contribution in [3.05, 3.63) is 28.7 Å². The first-order valence-corrected chi connectivity index (χ1v) is 9.67. The van der Waals surface area contributed by atoms with Gasteiger partial charge in [-0.1, -0.05) is 25.3 Å². The number of thioether (sulfide) groups is 1. The Morgan fingerprint density at radius 3 is 2.64 bits per heavy atom. The van der Waals surface area contributed by atoms with Crippen LogP contribution in [0.4, 0.5) is 4.79 Å². The van der Waals surface area contributed by atoms with Crippen molar-refractivity contribution in [2.75, 3.05) is 19.8 Å². The lowest BCUT2D eigenvalue weighted by molar-refractivity contribution is -0.123. The van der Waals surface area contributed by atoms with E-state index in [2.05, 4.69) is 0 Å². The van der Waals surface area contributed by atoms with Gasteiger partial charge in [0.25, 0.3) is 11.1 Å². The van der Waals surface area contributed by atoms with Crippen LogP contribution in [0.2, 0.25) is 0 Å². The maximum Gasteiger partial charge on any atom is 0.293 e. The number of benzene rings is 1. The van der Waals surface area contributed by atoms with E-state index in [1.165, 1.54) is 24.2 Å². The highest BCUT2D eigenvalue weighted by atomic mass is 32.2. The molecule has 5 nitrogen and oxygen atoms in total. The predicted molar refractivity (Wildman–Crippen MR) is 96.7 cm³/mol. The highest BCUT2D eigenvalue weighted by Crippen LogP contribution is 2.36. The number of hydrogen-bond donors (Lipinski definition) is 0. The maximum absolute atomic E-state index is 12.6. The minimum absolute atomic E-state index is 0.153. The van der Waals surface area contributed by atoms with Crippen LogP contribution in [0, 0.1) is 5.92 Å². The minimum atomic E-state index is -0.171. The summed E-state index contributed by atoms with van der Waals surface area (Å²) in [5, 5.41) is -0.153. The molecule has 0 atom stereocenters. The van der Waals surface area contributed by atoms with Crippen molar-refractivity contribution in [3.63, 3.8) is 0 Å². The zero-order chi connectivity index (χ0) is 17.2. The molecule has 25 heavy (non-hydrogen) atoms. The third-order valence-corrected chi connectivity index (χ3v) is 5.81. The summed E-state index contributed by atoms with van der Waals surface area (Å²) in [5.41, 5.74) is 0.840. The maximum atomic E-state index is 12.6. The van der Waals surface area contributed by atoms with Crippen LogP contribution in [0.5, 0.6) is 11.5 Å². The molecule has 0 unspecified atom stereocenters. The molecule has 2 aliphatic heterocycles. The Kier molecular flexibility index (Phi) is 4.70. The number of carbonyl (C=O) groups excluding carboxylic acids is 2. The lowest BCUT2D eigenvalue weighted by Gasteiger charge is -2.25. The van der Waals surface area contributed by atoms with Gasteiger partial charge in [-0.15, -0.1) is 0 Å². The van der Waals surface area contributed by atoms with Crippen LogP contribution >= 0.6 is 11.8 Å². The number of amides is 2. The molecule has 0 radical (unpaired) electrons. The SMILES string of the molecule is O=C1S/C(=C/c2ccc3c(c2)OCCO3)C(=O)N1CC1CCCCC1. The number of rotatable bonds is 3. The van der Waals surface area contributed by atoms with Crippen LogP contribution in [0.25, 0.3) is 6.08 Å². The second-order valence-corrected chi connectivity index (χ2v) is 7.69. The summed E-state index contributed by atoms with van der Waals surface area (Å²) in [4.78, 5) is 26.8. The average Bonchev–Trinajstić information content (AvgIpc) is 2.90. The van der Waals surface area contributed by atoms with E-state index in [1.54, 1.807) is 6.08 Å². The van der Waals surface area contributed by atoms with Gasteiger partial charge in [-0.2, -0.15) is 0 Å². The highest BCUT2D eigenvalue weighted by molar-refractivity contribution is 8.18. The standard InChI is InChI=1S/C19H21NO4S/c21-18-17(11-14-6-7-15-16(10-14)24-9-8-23-15)25-19(22)20(18)12-13-4-2-1-3-5-13/h6-7,10-11,13H,1-5,8-9,12H2/b17-11+. The molecular formula is C19H21NO4S. The van der Waals surface area contributed by atoms with Gasteiger partial charge < -0.3 is 9.47 Å². The van der Waals surface area contributed by atoms with E-state index in [0.29, 0.717) is 42.1 Å². The van der Waals surface area contributed by atoms with Crippen molar-refractivity contribution in [2.45, 2.75) is 32.1 Å². The summed E-state index contributed by atoms with van der Waals surface area (Å²) in [7, 11) is 0. The van der Waals surface area contributed by atoms with Gasteiger partial charge in [-0.25, -0.2) is 0 Å². The monoisotopic (exact) mass is 359 g/mol. The molecule has 1 saturated heterocycles. The summed E-state index contributed by atoms with van der Waals surface area (Å²) in [5.74, 6) is 1.68. The van der Waals surface area contributed by atoms with E-state index in [4.69, 9.17) is 9.47 Å². The predicted octanol–water partition coefficient (Wildman–Crippen LogP) is 4.07. The Morgan fingerprint density at radius 2 is 1.84 bits per heavy atom. The first kappa shape index (κ1) is 16.5. The van der Waals surface area contributed by atoms with Crippen molar-refractivity contribution >= 4 is 29.0 Å². The van der Waals surface area contributed by atoms with Crippen LogP contribution in [0.15, 0.2) is 23.1 Å². The van der Waals surface area contributed by atoms with Crippen LogP contribution in [-0.4, -0.2) is 35.8 Å². The van der Waals surface area contributed by atoms with Crippen molar-refractivity contribution in [2.24, 2.45) is 5.92 Å². The Labute approximate surface area is 151 Å². The van der Waals surface area contributed by atoms with Crippen molar-refractivity contribution < 1.29 is 19.1 Å². The second kappa shape index (κ2) is 7.12. The van der Waals surface area contributed by atoms with E-state index in [9.17, 15) is 9.59 Å². The average molecular weight is 359 g/mol. The topological polar surface area (TPSA) is 55.8 Å². The fourth-order valence-corrected chi connectivity index (χ4v) is 4.43. The largest absolute Gasteiger partial charge is 0.486 e. The van der Waals surface area contributed by atoms with Gasteiger partial charge in [0.05, 0.1) is 4.91 Å². The first-order chi connectivity index (χ1) is 12.2. The summed E-state index contributed by atoms with van der Waals surface area (Å²) < 4.78 is 11.1. The van der Waals surface area contributed by atoms with Crippen LogP contribution in [0.3, 0.4) is 0 Å². The first-order valence-electron chi connectivity index (χ1n) is 8.86. The molecule has 0 spiro atoms. The number of hydrogen-bond acceptors (Lipinski definition) is 5. The Balaban J connectivity index is 1.50. The summed E-state index contributed by atoms with van der Waals surface area (Å²) in [6, 6.07) is 5.57. The van der Waals surface area contributed by atoms with Crippen LogP contribution < -0.4 is 9.47 Å². The lowest BCUT2D eigenvalue weighted by atomic mass is 9.89. The third-order valence-electron chi connectivity index (χ3n) is 4.90. The summed E-state index contributed by atoms with van der Waals surface area (Å²) in [6.07, 6.45) is 7.67. The van der Waals surface area contributed by atoms with E-state index >= 15 is 0 Å². The zero-order valence-corrected chi connectivity index (χ0v) is 14.8. The Morgan fingerprint density at radius 1 is 1.08 bits per heavy atom. The molecule has 2 heterocycles. The third kappa shape index (κ3) is 3.54. The Bertz CT molecular complexity index is 724. The molecule has 3 aliphatic rings. The van der Waals surface area contributed by atoms with Gasteiger partial charge in [0.1, 0.15) is 13.2 Å². The van der Waals surface area contributed by atoms with Gasteiger partial charge in [-0.05, 0) is 54.3 Å². The minimum Gasteiger partial charge on any atom is -0.486 e. The van der Waals surface area contributed by atoms with Gasteiger partial charge in [-0.3, -0.25) is 14.5 Å². The zero-order valence-electron chi connectivity index (χ0n) is 14.0. The molecule has 1 aliphatic carbocycles. The normalized spacial score (nSPS) is 22.7. The quantitative estimate of drug-likeness (QED) is 0.761. The summed E-state index contributed by atoms with van der Waals surface area (Å²) in [6.45, 7) is 1.63. The van der Waals surface area contributed by atoms with Crippen molar-refractivity contribution in [1.29, 1.82) is 0 Å². The van der Waals surface area contributed by atoms with E-state index in [-0.39, 0.29) is 11.1 Å². The van der Waals surface area contributed by atoms with Crippen LogP contribution in [0.1, 0.15) is 37.7 Å². The Hall–Kier alpha value is -1.95. The number of nitrogens with zero attached hydrogens (tertiary/aromatic N) is 1. The molecule has 1 aromatic carbocycles. The molecule has 132 valence electrons. The van der Waals surface area contributed by atoms with Crippen molar-refractivity contribution in [3.8, 4) is 11.5 Å². The molecule has 6 heteroatoms. The molecule has 1 aromatic rings. The second-order valence-electron chi connectivity index (χ2n) is 6.70. The summed E-state index contributed by atoms with van der Waals surface area (Å²) >= 11 is 1.03. The number of ether oxygens (including phenoxy) is 2. The molecule has 0 bridgehead atoms. The number of carbonyl (C=O) groups is 2. The fraction of sp³-hybridized carbons (Fsp3) is 0.474. The van der Waals surface area contributed by atoms with E-state index in [0.717, 1.165) is 30.2 Å². The van der Waals surface area contributed by atoms with Gasteiger partial charge in [0.2, 0.25) is 0 Å². The van der Waals surface area contributed by atoms with Gasteiger partial charge in [0.15, 0.2) is 11.5 Å². The van der Waals surface area contributed by atoms with Crippen molar-refractivity contribution in [1.82, 2.24) is 4.90 Å². The molecule has 0 aromatic heterocycles. The smallest absolute Gasteiger partial charge is 0.293 e. The highest BCUT2D eigenvalue weighted by Gasteiger charge is 2.36. The molecule has 2 fully saturated rings. The molecule has 4 rings (SSSR count). The van der Waals surface area contributed by atoms with Crippen LogP contribution in [-0.2, 0) is 4.79 Å². The molecule has 0 N–H and O–H groups in total.